The van der Waals surface area contributed by atoms with Gasteiger partial charge in [0, 0.05) is 32.8 Å². The van der Waals surface area contributed by atoms with Gasteiger partial charge in [-0.1, -0.05) is 12.1 Å². The van der Waals surface area contributed by atoms with Gasteiger partial charge in [-0.25, -0.2) is 9.59 Å². The predicted molar refractivity (Wildman–Crippen MR) is 107 cm³/mol. The Kier molecular flexibility index (Phi) is 7.45. The molecule has 2 aromatic rings. The molecule has 0 atom stereocenters. The summed E-state index contributed by atoms with van der Waals surface area (Å²) in [7, 11) is 4.64. The minimum atomic E-state index is -0.847. The highest BCUT2D eigenvalue weighted by Crippen LogP contribution is 2.24. The number of hydrogen-bond acceptors (Lipinski definition) is 8. The Hall–Kier alpha value is -3.95. The van der Waals surface area contributed by atoms with E-state index in [-0.39, 0.29) is 17.8 Å². The lowest BCUT2D eigenvalue weighted by molar-refractivity contribution is -0.384. The average Bonchev–Trinajstić information content (AvgIpc) is 2.75. The van der Waals surface area contributed by atoms with Gasteiger partial charge in [0.15, 0.2) is 6.61 Å². The highest BCUT2D eigenvalue weighted by Gasteiger charge is 2.20. The molecule has 10 heteroatoms. The van der Waals surface area contributed by atoms with Crippen molar-refractivity contribution in [3.05, 3.63) is 69.3 Å². The lowest BCUT2D eigenvalue weighted by Crippen LogP contribution is -2.28. The Bertz CT molecular complexity index is 955. The number of nitro benzene ring substituents is 1. The molecule has 0 saturated heterocycles. The number of methoxy groups -OCH3 is 1. The van der Waals surface area contributed by atoms with E-state index >= 15 is 0 Å². The van der Waals surface area contributed by atoms with Crippen molar-refractivity contribution in [1.29, 1.82) is 0 Å². The number of nitro groups is 1. The zero-order valence-corrected chi connectivity index (χ0v) is 16.7. The monoisotopic (exact) mass is 415 g/mol. The third-order valence-electron chi connectivity index (χ3n) is 4.09. The number of anilines is 1. The van der Waals surface area contributed by atoms with Crippen LogP contribution in [0.2, 0.25) is 0 Å². The van der Waals surface area contributed by atoms with Crippen molar-refractivity contribution < 1.29 is 28.8 Å². The molecule has 2 aromatic carbocycles. The van der Waals surface area contributed by atoms with E-state index in [1.165, 1.54) is 19.2 Å². The quantitative estimate of drug-likeness (QED) is 0.393. The minimum Gasteiger partial charge on any atom is -0.465 e. The molecule has 0 bridgehead atoms. The summed E-state index contributed by atoms with van der Waals surface area (Å²) in [6, 6.07) is 10.3. The summed E-state index contributed by atoms with van der Waals surface area (Å²) in [5.74, 6) is -1.85. The highest BCUT2D eigenvalue weighted by molar-refractivity contribution is 5.97. The summed E-state index contributed by atoms with van der Waals surface area (Å²) in [5.41, 5.74) is 1.27. The van der Waals surface area contributed by atoms with Gasteiger partial charge < -0.3 is 19.7 Å². The maximum atomic E-state index is 12.4. The fourth-order valence-corrected chi connectivity index (χ4v) is 2.53. The molecule has 0 saturated carbocycles. The van der Waals surface area contributed by atoms with Crippen molar-refractivity contribution in [3.63, 3.8) is 0 Å². The summed E-state index contributed by atoms with van der Waals surface area (Å²) in [6.45, 7) is -0.383. The third kappa shape index (κ3) is 5.77. The fourth-order valence-electron chi connectivity index (χ4n) is 2.53. The number of benzene rings is 2. The highest BCUT2D eigenvalue weighted by atomic mass is 16.6. The number of carbonyl (C=O) groups is 3. The van der Waals surface area contributed by atoms with Gasteiger partial charge in [0.1, 0.15) is 0 Å². The molecule has 1 N–H and O–H groups in total. The molecule has 0 aliphatic rings. The van der Waals surface area contributed by atoms with Crippen LogP contribution < -0.4 is 10.2 Å². The number of nitrogens with zero attached hydrogens (tertiary/aromatic N) is 2. The molecule has 1 amide bonds. The normalized spacial score (nSPS) is 10.1. The van der Waals surface area contributed by atoms with E-state index in [2.05, 4.69) is 10.1 Å². The van der Waals surface area contributed by atoms with Gasteiger partial charge >= 0.3 is 11.9 Å². The van der Waals surface area contributed by atoms with Gasteiger partial charge in [0.05, 0.1) is 28.8 Å². The van der Waals surface area contributed by atoms with Crippen molar-refractivity contribution in [3.8, 4) is 0 Å². The molecule has 2 rings (SSSR count). The Morgan fingerprint density at radius 1 is 1.07 bits per heavy atom. The Labute approximate surface area is 172 Å². The molecular weight excluding hydrogens is 394 g/mol. The summed E-state index contributed by atoms with van der Waals surface area (Å²) in [6.07, 6.45) is 0. The largest absolute Gasteiger partial charge is 0.465 e. The average molecular weight is 415 g/mol. The van der Waals surface area contributed by atoms with E-state index in [0.717, 1.165) is 11.6 Å². The number of ether oxygens (including phenoxy) is 2. The van der Waals surface area contributed by atoms with Crippen molar-refractivity contribution >= 4 is 29.2 Å². The van der Waals surface area contributed by atoms with Gasteiger partial charge in [-0.3, -0.25) is 14.9 Å². The molecule has 0 heterocycles. The van der Waals surface area contributed by atoms with Crippen LogP contribution in [0.1, 0.15) is 26.3 Å². The standard InChI is InChI=1S/C20H21N3O7/c1-22(2)17-9-8-15(23(27)28)10-16(17)20(26)30-12-18(24)21-11-13-4-6-14(7-5-13)19(25)29-3/h4-10H,11-12H2,1-3H3,(H,21,24). The molecule has 0 fully saturated rings. The fraction of sp³-hybridized carbons (Fsp3) is 0.250. The number of esters is 2. The Morgan fingerprint density at radius 2 is 1.73 bits per heavy atom. The van der Waals surface area contributed by atoms with Crippen LogP contribution >= 0.6 is 0 Å². The smallest absolute Gasteiger partial charge is 0.341 e. The Morgan fingerprint density at radius 3 is 2.30 bits per heavy atom. The van der Waals surface area contributed by atoms with Crippen LogP contribution in [0.3, 0.4) is 0 Å². The Balaban J connectivity index is 1.94. The van der Waals surface area contributed by atoms with Gasteiger partial charge in [-0.05, 0) is 23.8 Å². The molecule has 0 aliphatic carbocycles. The van der Waals surface area contributed by atoms with Crippen LogP contribution in [0.5, 0.6) is 0 Å². The zero-order valence-electron chi connectivity index (χ0n) is 16.7. The number of amides is 1. The van der Waals surface area contributed by atoms with Crippen molar-refractivity contribution in [2.24, 2.45) is 0 Å². The summed E-state index contributed by atoms with van der Waals surface area (Å²) in [4.78, 5) is 47.7. The van der Waals surface area contributed by atoms with E-state index in [4.69, 9.17) is 4.74 Å². The number of non-ortho nitro benzene ring substituents is 1. The van der Waals surface area contributed by atoms with Crippen molar-refractivity contribution in [1.82, 2.24) is 5.32 Å². The first-order valence-corrected chi connectivity index (χ1v) is 8.79. The van der Waals surface area contributed by atoms with Crippen LogP contribution in [-0.4, -0.2) is 50.6 Å². The van der Waals surface area contributed by atoms with Crippen molar-refractivity contribution in [2.75, 3.05) is 32.7 Å². The van der Waals surface area contributed by atoms with Gasteiger partial charge in [-0.2, -0.15) is 0 Å². The van der Waals surface area contributed by atoms with Crippen LogP contribution in [0, 0.1) is 10.1 Å². The second-order valence-electron chi connectivity index (χ2n) is 6.39. The lowest BCUT2D eigenvalue weighted by atomic mass is 10.1. The SMILES string of the molecule is COC(=O)c1ccc(CNC(=O)COC(=O)c2cc([N+](=O)[O-])ccc2N(C)C)cc1. The van der Waals surface area contributed by atoms with Gasteiger partial charge in [0.25, 0.3) is 11.6 Å². The third-order valence-corrected chi connectivity index (χ3v) is 4.09. The van der Waals surface area contributed by atoms with Crippen LogP contribution in [0.25, 0.3) is 0 Å². The topological polar surface area (TPSA) is 128 Å². The molecule has 0 aromatic heterocycles. The predicted octanol–water partition coefficient (Wildman–Crippen LogP) is 1.92. The van der Waals surface area contributed by atoms with E-state index in [9.17, 15) is 24.5 Å². The molecule has 0 radical (unpaired) electrons. The first kappa shape index (κ1) is 22.3. The maximum absolute atomic E-state index is 12.4. The van der Waals surface area contributed by atoms with Crippen LogP contribution in [0.4, 0.5) is 11.4 Å². The molecule has 158 valence electrons. The van der Waals surface area contributed by atoms with Gasteiger partial charge in [-0.15, -0.1) is 0 Å². The number of nitrogens with one attached hydrogen (secondary N) is 1. The van der Waals surface area contributed by atoms with Crippen molar-refractivity contribution in [2.45, 2.75) is 6.54 Å². The second-order valence-corrected chi connectivity index (χ2v) is 6.39. The van der Waals surface area contributed by atoms with Crippen LogP contribution in [0.15, 0.2) is 42.5 Å². The molecule has 0 unspecified atom stereocenters. The van der Waals surface area contributed by atoms with E-state index < -0.39 is 29.4 Å². The van der Waals surface area contributed by atoms with E-state index in [1.54, 1.807) is 43.3 Å². The summed E-state index contributed by atoms with van der Waals surface area (Å²) in [5, 5.41) is 13.6. The maximum Gasteiger partial charge on any atom is 0.341 e. The number of rotatable bonds is 8. The summed E-state index contributed by atoms with van der Waals surface area (Å²) < 4.78 is 9.62. The van der Waals surface area contributed by atoms with Gasteiger partial charge in [0.2, 0.25) is 0 Å². The number of hydrogen-bond donors (Lipinski definition) is 1. The first-order chi connectivity index (χ1) is 14.2. The zero-order chi connectivity index (χ0) is 22.3. The molecule has 30 heavy (non-hydrogen) atoms. The molecule has 0 aliphatic heterocycles. The minimum absolute atomic E-state index is 0.0135. The molecule has 10 nitrogen and oxygen atoms in total. The second kappa shape index (κ2) is 10.0. The first-order valence-electron chi connectivity index (χ1n) is 8.79. The molecule has 0 spiro atoms. The molecular formula is C20H21N3O7. The summed E-state index contributed by atoms with van der Waals surface area (Å²) >= 11 is 0. The van der Waals surface area contributed by atoms with E-state index in [0.29, 0.717) is 11.3 Å². The van der Waals surface area contributed by atoms with E-state index in [1.807, 2.05) is 0 Å². The lowest BCUT2D eigenvalue weighted by Gasteiger charge is -2.16. The van der Waals surface area contributed by atoms with Crippen LogP contribution in [-0.2, 0) is 20.8 Å². The number of carbonyl (C=O) groups excluding carboxylic acids is 3.